The molecule has 4 aliphatic rings. The number of aliphatic carboxylic acids is 1. The molecule has 0 spiro atoms. The van der Waals surface area contributed by atoms with Crippen molar-refractivity contribution in [2.45, 2.75) is 85.0 Å². The van der Waals surface area contributed by atoms with Gasteiger partial charge in [0.1, 0.15) is 0 Å². The summed E-state index contributed by atoms with van der Waals surface area (Å²) in [5, 5.41) is 10.9. The van der Waals surface area contributed by atoms with E-state index in [4.69, 9.17) is 0 Å². The van der Waals surface area contributed by atoms with E-state index in [1.54, 1.807) is 0 Å². The van der Waals surface area contributed by atoms with Crippen LogP contribution in [0.4, 0.5) is 0 Å². The number of allylic oxidation sites excluding steroid dienone is 2. The zero-order valence-corrected chi connectivity index (χ0v) is 20.0. The Balaban J connectivity index is 0.00000210. The molecule has 0 aromatic carbocycles. The van der Waals surface area contributed by atoms with Crippen molar-refractivity contribution in [1.82, 2.24) is 0 Å². The van der Waals surface area contributed by atoms with Gasteiger partial charge in [0.25, 0.3) is 0 Å². The summed E-state index contributed by atoms with van der Waals surface area (Å²) in [6.45, 7) is 7.48. The summed E-state index contributed by atoms with van der Waals surface area (Å²) in [6, 6.07) is 0. The van der Waals surface area contributed by atoms with Crippen LogP contribution in [-0.2, 0) is 4.79 Å². The van der Waals surface area contributed by atoms with Gasteiger partial charge in [-0.25, -0.2) is 0 Å². The topological polar surface area (TPSA) is 40.1 Å². The Hall–Kier alpha value is 0.210. The smallest absolute Gasteiger partial charge is 0.550 e. The first kappa shape index (κ1) is 21.9. The Labute approximate surface area is 188 Å². The average molecular weight is 381 g/mol. The first-order valence-electron chi connectivity index (χ1n) is 11.2. The average Bonchev–Trinajstić information content (AvgIpc) is 2.96. The van der Waals surface area contributed by atoms with Crippen molar-refractivity contribution < 1.29 is 39.5 Å². The molecule has 4 aliphatic carbocycles. The molecule has 0 heterocycles. The van der Waals surface area contributed by atoms with Crippen molar-refractivity contribution in [2.75, 3.05) is 0 Å². The minimum Gasteiger partial charge on any atom is -0.550 e. The van der Waals surface area contributed by atoms with Gasteiger partial charge < -0.3 is 9.90 Å². The van der Waals surface area contributed by atoms with Crippen LogP contribution in [0.25, 0.3) is 0 Å². The van der Waals surface area contributed by atoms with Gasteiger partial charge in [-0.1, -0.05) is 32.9 Å². The zero-order chi connectivity index (χ0) is 18.5. The van der Waals surface area contributed by atoms with Gasteiger partial charge in [-0.15, -0.1) is 0 Å². The number of carboxylic acid groups (broad SMARTS) is 1. The summed E-state index contributed by atoms with van der Waals surface area (Å²) in [5.74, 6) is 3.88. The van der Waals surface area contributed by atoms with Crippen molar-refractivity contribution in [1.29, 1.82) is 0 Å². The molecule has 0 saturated heterocycles. The van der Waals surface area contributed by atoms with E-state index in [2.05, 4.69) is 32.9 Å². The minimum atomic E-state index is -0.878. The molecule has 0 aromatic rings. The molecule has 0 unspecified atom stereocenters. The number of carbonyl (C=O) groups is 1. The third-order valence-corrected chi connectivity index (χ3v) is 9.72. The predicted molar refractivity (Wildman–Crippen MR) is 103 cm³/mol. The Morgan fingerprint density at radius 2 is 1.81 bits per heavy atom. The summed E-state index contributed by atoms with van der Waals surface area (Å²) in [4.78, 5) is 10.9. The maximum atomic E-state index is 10.9. The third-order valence-electron chi connectivity index (χ3n) is 9.72. The molecule has 8 atom stereocenters. The molecule has 0 N–H and O–H groups in total. The summed E-state index contributed by atoms with van der Waals surface area (Å²) in [6.07, 6.45) is 17.0. The number of hydrogen-bond donors (Lipinski definition) is 0. The summed E-state index contributed by atoms with van der Waals surface area (Å²) < 4.78 is 0. The van der Waals surface area contributed by atoms with E-state index in [0.717, 1.165) is 30.1 Å². The maximum Gasteiger partial charge on any atom is 1.00 e. The van der Waals surface area contributed by atoms with E-state index in [0.29, 0.717) is 22.7 Å². The number of rotatable bonds is 4. The fourth-order valence-electron chi connectivity index (χ4n) is 8.35. The van der Waals surface area contributed by atoms with Gasteiger partial charge in [-0.05, 0) is 111 Å². The van der Waals surface area contributed by atoms with Crippen LogP contribution in [0.5, 0.6) is 0 Å². The standard InChI is InChI=1S/C24H38O2.Na/c1-16(7-12-22(25)26)19-10-11-20-18-9-8-17-6-4-5-14-23(17,2)21(18)13-15-24(19,20)3;/h4,6,16-21H,5,7-15H2,1-3H3,(H,25,26);/q;+1/p-1/t16-,17+,18+,19-,20+,21+,23+,24-;/m1./s1. The van der Waals surface area contributed by atoms with Gasteiger partial charge in [0, 0.05) is 5.97 Å². The van der Waals surface area contributed by atoms with Crippen LogP contribution in [0, 0.1) is 46.3 Å². The van der Waals surface area contributed by atoms with Crippen LogP contribution in [-0.4, -0.2) is 5.97 Å². The van der Waals surface area contributed by atoms with Crippen molar-refractivity contribution in [2.24, 2.45) is 46.3 Å². The van der Waals surface area contributed by atoms with Crippen LogP contribution in [0.1, 0.15) is 85.0 Å². The molecule has 3 heteroatoms. The van der Waals surface area contributed by atoms with Crippen LogP contribution in [0.2, 0.25) is 0 Å². The quantitative estimate of drug-likeness (QED) is 0.553. The molecule has 0 radical (unpaired) electrons. The monoisotopic (exact) mass is 380 g/mol. The zero-order valence-electron chi connectivity index (χ0n) is 18.0. The van der Waals surface area contributed by atoms with E-state index in [1.165, 1.54) is 51.4 Å². The fraction of sp³-hybridized carbons (Fsp3) is 0.875. The van der Waals surface area contributed by atoms with E-state index in [-0.39, 0.29) is 36.0 Å². The number of carbonyl (C=O) groups excluding carboxylic acids is 1. The molecular formula is C24H37NaO2. The molecule has 146 valence electrons. The molecule has 4 rings (SSSR count). The van der Waals surface area contributed by atoms with E-state index in [9.17, 15) is 9.90 Å². The summed E-state index contributed by atoms with van der Waals surface area (Å²) in [7, 11) is 0. The van der Waals surface area contributed by atoms with Crippen LogP contribution >= 0.6 is 0 Å². The molecule has 3 saturated carbocycles. The number of carboxylic acids is 1. The Bertz CT molecular complexity index is 587. The molecule has 0 aromatic heterocycles. The molecule has 3 fully saturated rings. The Morgan fingerprint density at radius 1 is 1.07 bits per heavy atom. The minimum absolute atomic E-state index is 0. The molecule has 2 nitrogen and oxygen atoms in total. The summed E-state index contributed by atoms with van der Waals surface area (Å²) in [5.41, 5.74) is 0.984. The number of hydrogen-bond acceptors (Lipinski definition) is 2. The van der Waals surface area contributed by atoms with E-state index >= 15 is 0 Å². The van der Waals surface area contributed by atoms with Gasteiger partial charge in [0.05, 0.1) is 0 Å². The molecule has 0 amide bonds. The normalized spacial score (nSPS) is 46.6. The van der Waals surface area contributed by atoms with Gasteiger partial charge >= 0.3 is 29.6 Å². The second-order valence-electron chi connectivity index (χ2n) is 10.6. The second-order valence-corrected chi connectivity index (χ2v) is 10.6. The largest absolute Gasteiger partial charge is 1.00 e. The Morgan fingerprint density at radius 3 is 2.56 bits per heavy atom. The van der Waals surface area contributed by atoms with Gasteiger partial charge in [-0.2, -0.15) is 0 Å². The Kier molecular flexibility index (Phi) is 6.61. The molecule has 0 aliphatic heterocycles. The van der Waals surface area contributed by atoms with E-state index < -0.39 is 5.97 Å². The van der Waals surface area contributed by atoms with Gasteiger partial charge in [0.15, 0.2) is 0 Å². The molecular weight excluding hydrogens is 343 g/mol. The maximum absolute atomic E-state index is 10.9. The van der Waals surface area contributed by atoms with Crippen molar-refractivity contribution in [3.8, 4) is 0 Å². The SMILES string of the molecule is C[C@H](CCC(=O)[O-])[C@H]1CC[C@H]2[C@@H]3CC[C@@H]4C=CCC[C@]4(C)[C@H]3CC[C@]12C.[Na+]. The second kappa shape index (κ2) is 8.15. The predicted octanol–water partition coefficient (Wildman–Crippen LogP) is 1.98. The molecule has 0 bridgehead atoms. The first-order valence-corrected chi connectivity index (χ1v) is 11.2. The van der Waals surface area contributed by atoms with E-state index in [1.807, 2.05) is 0 Å². The first-order chi connectivity index (χ1) is 12.4. The van der Waals surface area contributed by atoms with Crippen molar-refractivity contribution in [3.63, 3.8) is 0 Å². The van der Waals surface area contributed by atoms with Crippen LogP contribution < -0.4 is 34.7 Å². The van der Waals surface area contributed by atoms with Crippen molar-refractivity contribution >= 4 is 5.97 Å². The molecule has 27 heavy (non-hydrogen) atoms. The van der Waals surface area contributed by atoms with Crippen molar-refractivity contribution in [3.05, 3.63) is 12.2 Å². The van der Waals surface area contributed by atoms with Crippen LogP contribution in [0.3, 0.4) is 0 Å². The van der Waals surface area contributed by atoms with Gasteiger partial charge in [0.2, 0.25) is 0 Å². The summed E-state index contributed by atoms with van der Waals surface area (Å²) >= 11 is 0. The van der Waals surface area contributed by atoms with Gasteiger partial charge in [-0.3, -0.25) is 0 Å². The fourth-order valence-corrected chi connectivity index (χ4v) is 8.35. The third kappa shape index (κ3) is 3.61. The van der Waals surface area contributed by atoms with Crippen LogP contribution in [0.15, 0.2) is 12.2 Å². The number of fused-ring (bicyclic) bond motifs is 5.